The van der Waals surface area contributed by atoms with Gasteiger partial charge in [0.05, 0.1) is 0 Å². The van der Waals surface area contributed by atoms with Gasteiger partial charge in [-0.2, -0.15) is 9.97 Å². The van der Waals surface area contributed by atoms with Crippen molar-refractivity contribution in [2.75, 3.05) is 6.61 Å². The molecule has 0 bridgehead atoms. The molecule has 0 aliphatic carbocycles. The second-order valence-electron chi connectivity index (χ2n) is 6.35. The molecule has 0 saturated heterocycles. The van der Waals surface area contributed by atoms with Crippen molar-refractivity contribution < 1.29 is 18.4 Å². The van der Waals surface area contributed by atoms with E-state index in [-0.39, 0.29) is 29.9 Å². The first-order chi connectivity index (χ1) is 14.1. The minimum Gasteiger partial charge on any atom is -0.467 e. The van der Waals surface area contributed by atoms with Gasteiger partial charge in [-0.15, -0.1) is 0 Å². The van der Waals surface area contributed by atoms with Gasteiger partial charge < -0.3 is 14.6 Å². The van der Waals surface area contributed by atoms with E-state index in [0.29, 0.717) is 29.0 Å². The van der Waals surface area contributed by atoms with Crippen LogP contribution >= 0.6 is 0 Å². The number of benzene rings is 2. The molecule has 8 heteroatoms. The lowest BCUT2D eigenvalue weighted by atomic mass is 10.1. The molecule has 7 nitrogen and oxygen atoms in total. The Kier molecular flexibility index (Phi) is 5.15. The van der Waals surface area contributed by atoms with Gasteiger partial charge in [-0.05, 0) is 36.8 Å². The first kappa shape index (κ1) is 18.5. The first-order valence-corrected chi connectivity index (χ1v) is 8.93. The Morgan fingerprint density at radius 2 is 1.86 bits per heavy atom. The molecule has 146 valence electrons. The largest absolute Gasteiger partial charge is 0.467 e. The van der Waals surface area contributed by atoms with Crippen molar-refractivity contribution in [2.24, 2.45) is 0 Å². The van der Waals surface area contributed by atoms with Gasteiger partial charge in [0, 0.05) is 12.1 Å². The Morgan fingerprint density at radius 3 is 2.62 bits per heavy atom. The van der Waals surface area contributed by atoms with Crippen molar-refractivity contribution in [1.29, 1.82) is 0 Å². The Labute approximate surface area is 165 Å². The Hall–Kier alpha value is -3.81. The minimum absolute atomic E-state index is 0.183. The van der Waals surface area contributed by atoms with Crippen LogP contribution in [0.3, 0.4) is 0 Å². The highest BCUT2D eigenvalue weighted by Crippen LogP contribution is 2.33. The third-order valence-electron chi connectivity index (χ3n) is 4.20. The number of fused-ring (bicyclic) bond motifs is 1. The van der Waals surface area contributed by atoms with Gasteiger partial charge in [-0.3, -0.25) is 4.79 Å². The first-order valence-electron chi connectivity index (χ1n) is 8.93. The number of aryl methyl sites for hydroxylation is 1. The van der Waals surface area contributed by atoms with E-state index in [9.17, 15) is 9.18 Å². The van der Waals surface area contributed by atoms with E-state index in [4.69, 9.17) is 9.26 Å². The van der Waals surface area contributed by atoms with Crippen LogP contribution in [0, 0.1) is 12.7 Å². The number of ether oxygens (including phenoxy) is 1. The number of hydrogen-bond acceptors (Lipinski definition) is 6. The van der Waals surface area contributed by atoms with Gasteiger partial charge in [-0.1, -0.05) is 35.5 Å². The lowest BCUT2D eigenvalue weighted by Gasteiger charge is -2.08. The molecule has 4 aromatic rings. The summed E-state index contributed by atoms with van der Waals surface area (Å²) in [7, 11) is 0. The molecule has 1 N–H and O–H groups in total. The fraction of sp³-hybridized carbons (Fsp3) is 0.143. The maximum absolute atomic E-state index is 13.2. The van der Waals surface area contributed by atoms with Gasteiger partial charge in [0.25, 0.3) is 11.6 Å². The van der Waals surface area contributed by atoms with Crippen LogP contribution < -0.4 is 10.1 Å². The van der Waals surface area contributed by atoms with E-state index in [0.717, 1.165) is 5.56 Å². The molecule has 4 rings (SSSR count). The van der Waals surface area contributed by atoms with Crippen molar-refractivity contribution in [2.45, 2.75) is 13.5 Å². The van der Waals surface area contributed by atoms with Crippen LogP contribution in [-0.4, -0.2) is 27.6 Å². The lowest BCUT2D eigenvalue weighted by molar-refractivity contribution is -0.123. The molecule has 0 aliphatic rings. The van der Waals surface area contributed by atoms with E-state index >= 15 is 0 Å². The number of halogens is 1. The molecule has 0 atom stereocenters. The summed E-state index contributed by atoms with van der Waals surface area (Å²) in [5.41, 5.74) is 2.26. The summed E-state index contributed by atoms with van der Waals surface area (Å²) in [5, 5.41) is 7.24. The fourth-order valence-electron chi connectivity index (χ4n) is 2.82. The van der Waals surface area contributed by atoms with E-state index in [1.165, 1.54) is 12.1 Å². The van der Waals surface area contributed by atoms with Crippen LogP contribution in [0.4, 0.5) is 4.39 Å². The maximum Gasteiger partial charge on any atom is 0.265 e. The third-order valence-corrected chi connectivity index (χ3v) is 4.20. The van der Waals surface area contributed by atoms with Gasteiger partial charge in [-0.25, -0.2) is 4.39 Å². The maximum atomic E-state index is 13.2. The molecule has 0 aliphatic heterocycles. The van der Waals surface area contributed by atoms with Crippen molar-refractivity contribution >= 4 is 17.0 Å². The number of nitrogens with zero attached hydrogens (tertiary/aromatic N) is 3. The minimum atomic E-state index is -0.361. The van der Waals surface area contributed by atoms with Crippen molar-refractivity contribution in [3.8, 4) is 17.1 Å². The van der Waals surface area contributed by atoms with Crippen molar-refractivity contribution in [3.05, 3.63) is 71.8 Å². The molecule has 0 radical (unpaired) electrons. The second kappa shape index (κ2) is 8.05. The van der Waals surface area contributed by atoms with Crippen molar-refractivity contribution in [1.82, 2.24) is 20.4 Å². The molecular weight excluding hydrogens is 375 g/mol. The highest BCUT2D eigenvalue weighted by atomic mass is 19.1. The van der Waals surface area contributed by atoms with Gasteiger partial charge in [0.2, 0.25) is 5.88 Å². The summed E-state index contributed by atoms with van der Waals surface area (Å²) in [4.78, 5) is 20.7. The van der Waals surface area contributed by atoms with Gasteiger partial charge in [0.15, 0.2) is 6.61 Å². The molecular formula is C21H17FN4O3. The predicted octanol–water partition coefficient (Wildman–Crippen LogP) is 3.43. The summed E-state index contributed by atoms with van der Waals surface area (Å²) >= 11 is 0. The van der Waals surface area contributed by atoms with Gasteiger partial charge >= 0.3 is 0 Å². The van der Waals surface area contributed by atoms with Crippen LogP contribution in [-0.2, 0) is 11.3 Å². The summed E-state index contributed by atoms with van der Waals surface area (Å²) in [5.74, 6) is -0.0554. The Balaban J connectivity index is 1.54. The summed E-state index contributed by atoms with van der Waals surface area (Å²) in [6.07, 6.45) is 0. The molecule has 1 amide bonds. The van der Waals surface area contributed by atoms with Crippen molar-refractivity contribution in [3.63, 3.8) is 0 Å². The standard InChI is InChI=1S/C21H17FN4O3/c1-13-24-20(28-12-17(27)23-11-14-5-3-2-4-6-14)18-19(26-29-21(18)25-13)15-7-9-16(22)10-8-15/h2-10H,11-12H2,1H3,(H,23,27). The second-order valence-corrected chi connectivity index (χ2v) is 6.35. The summed E-state index contributed by atoms with van der Waals surface area (Å²) in [6.45, 7) is 1.85. The summed E-state index contributed by atoms with van der Waals surface area (Å²) < 4.78 is 24.2. The number of rotatable bonds is 6. The monoisotopic (exact) mass is 392 g/mol. The molecule has 0 saturated carbocycles. The zero-order valence-electron chi connectivity index (χ0n) is 15.6. The summed E-state index contributed by atoms with van der Waals surface area (Å²) in [6, 6.07) is 15.4. The fourth-order valence-corrected chi connectivity index (χ4v) is 2.82. The zero-order valence-corrected chi connectivity index (χ0v) is 15.6. The van der Waals surface area contributed by atoms with Crippen LogP contribution in [0.25, 0.3) is 22.4 Å². The van der Waals surface area contributed by atoms with E-state index in [2.05, 4.69) is 20.4 Å². The highest BCUT2D eigenvalue weighted by molar-refractivity contribution is 5.93. The Morgan fingerprint density at radius 1 is 1.10 bits per heavy atom. The average molecular weight is 392 g/mol. The smallest absolute Gasteiger partial charge is 0.265 e. The van der Waals surface area contributed by atoms with E-state index in [1.54, 1.807) is 19.1 Å². The lowest BCUT2D eigenvalue weighted by Crippen LogP contribution is -2.28. The highest BCUT2D eigenvalue weighted by Gasteiger charge is 2.20. The molecule has 0 fully saturated rings. The van der Waals surface area contributed by atoms with Crippen LogP contribution in [0.15, 0.2) is 59.1 Å². The number of amides is 1. The van der Waals surface area contributed by atoms with Crippen LogP contribution in [0.1, 0.15) is 11.4 Å². The Bertz CT molecular complexity index is 1140. The predicted molar refractivity (Wildman–Crippen MR) is 104 cm³/mol. The molecule has 2 aromatic heterocycles. The number of carbonyl (C=O) groups is 1. The van der Waals surface area contributed by atoms with Crippen LogP contribution in [0.5, 0.6) is 5.88 Å². The van der Waals surface area contributed by atoms with E-state index in [1.807, 2.05) is 30.3 Å². The molecule has 0 spiro atoms. The van der Waals surface area contributed by atoms with Crippen LogP contribution in [0.2, 0.25) is 0 Å². The molecule has 2 aromatic carbocycles. The number of aromatic nitrogens is 3. The van der Waals surface area contributed by atoms with Gasteiger partial charge in [0.1, 0.15) is 22.7 Å². The SMILES string of the molecule is Cc1nc(OCC(=O)NCc2ccccc2)c2c(-c3ccc(F)cc3)noc2n1. The van der Waals surface area contributed by atoms with E-state index < -0.39 is 0 Å². The molecule has 29 heavy (non-hydrogen) atoms. The topological polar surface area (TPSA) is 90.1 Å². The average Bonchev–Trinajstić information content (AvgIpc) is 3.15. The third kappa shape index (κ3) is 4.21. The molecule has 2 heterocycles. The number of carbonyl (C=O) groups excluding carboxylic acids is 1. The zero-order chi connectivity index (χ0) is 20.2. The molecule has 0 unspecified atom stereocenters. The quantitative estimate of drug-likeness (QED) is 0.541. The number of nitrogens with one attached hydrogen (secondary N) is 1. The normalized spacial score (nSPS) is 10.8. The number of hydrogen-bond donors (Lipinski definition) is 1.